The molecular formula is C19H20Cl2N2O3. The van der Waals surface area contributed by atoms with Gasteiger partial charge in [-0.15, -0.1) is 0 Å². The summed E-state index contributed by atoms with van der Waals surface area (Å²) in [6.07, 6.45) is 0. The molecule has 5 nitrogen and oxygen atoms in total. The van der Waals surface area contributed by atoms with Gasteiger partial charge in [0.05, 0.1) is 10.6 Å². The molecular weight excluding hydrogens is 375 g/mol. The van der Waals surface area contributed by atoms with Gasteiger partial charge in [-0.25, -0.2) is 0 Å². The minimum Gasteiger partial charge on any atom is -0.483 e. The number of carbonyl (C=O) groups is 2. The molecule has 2 amide bonds. The topological polar surface area (TPSA) is 67.4 Å². The van der Waals surface area contributed by atoms with E-state index in [1.165, 1.54) is 18.2 Å². The Kier molecular flexibility index (Phi) is 6.51. The molecule has 138 valence electrons. The molecule has 2 aromatic carbocycles. The van der Waals surface area contributed by atoms with Crippen molar-refractivity contribution >= 4 is 35.0 Å². The van der Waals surface area contributed by atoms with Crippen LogP contribution in [0.1, 0.15) is 36.7 Å². The molecule has 2 aromatic rings. The Hall–Kier alpha value is -2.24. The fourth-order valence-electron chi connectivity index (χ4n) is 2.26. The maximum atomic E-state index is 12.0. The lowest BCUT2D eigenvalue weighted by Gasteiger charge is -2.22. The van der Waals surface area contributed by atoms with E-state index in [1.54, 1.807) is 6.07 Å². The molecule has 0 aliphatic heterocycles. The Bertz CT molecular complexity index is 817. The van der Waals surface area contributed by atoms with Crippen LogP contribution < -0.4 is 15.6 Å². The van der Waals surface area contributed by atoms with Crippen LogP contribution in [0.15, 0.2) is 42.5 Å². The summed E-state index contributed by atoms with van der Waals surface area (Å²) in [6.45, 7) is 5.95. The lowest BCUT2D eigenvalue weighted by molar-refractivity contribution is -0.123. The van der Waals surface area contributed by atoms with Crippen molar-refractivity contribution in [3.8, 4) is 5.75 Å². The Morgan fingerprint density at radius 1 is 1.04 bits per heavy atom. The zero-order valence-electron chi connectivity index (χ0n) is 14.7. The van der Waals surface area contributed by atoms with Gasteiger partial charge in [0.15, 0.2) is 6.61 Å². The maximum Gasteiger partial charge on any atom is 0.276 e. The first kappa shape index (κ1) is 20.1. The fourth-order valence-corrected chi connectivity index (χ4v) is 2.75. The molecule has 0 aliphatic carbocycles. The van der Waals surface area contributed by atoms with Gasteiger partial charge in [0, 0.05) is 5.02 Å². The summed E-state index contributed by atoms with van der Waals surface area (Å²) >= 11 is 11.7. The molecule has 0 heterocycles. The highest BCUT2D eigenvalue weighted by molar-refractivity contribution is 6.36. The minimum absolute atomic E-state index is 0.118. The highest BCUT2D eigenvalue weighted by Gasteiger charge is 2.19. The molecule has 2 N–H and O–H groups in total. The molecule has 7 heteroatoms. The van der Waals surface area contributed by atoms with Gasteiger partial charge in [-0.2, -0.15) is 0 Å². The summed E-state index contributed by atoms with van der Waals surface area (Å²) in [5.74, 6) is -0.413. The first-order valence-electron chi connectivity index (χ1n) is 7.95. The number of carbonyl (C=O) groups excluding carboxylic acids is 2. The van der Waals surface area contributed by atoms with Crippen LogP contribution in [-0.4, -0.2) is 18.4 Å². The molecule has 0 spiro atoms. The summed E-state index contributed by atoms with van der Waals surface area (Å²) in [5.41, 5.74) is 5.67. The van der Waals surface area contributed by atoms with Gasteiger partial charge < -0.3 is 4.74 Å². The van der Waals surface area contributed by atoms with E-state index in [0.29, 0.717) is 10.8 Å². The van der Waals surface area contributed by atoms with Crippen molar-refractivity contribution in [3.05, 3.63) is 63.6 Å². The zero-order valence-corrected chi connectivity index (χ0v) is 16.2. The molecule has 0 saturated heterocycles. The molecule has 0 unspecified atom stereocenters. The first-order valence-corrected chi connectivity index (χ1v) is 8.70. The number of para-hydroxylation sites is 1. The van der Waals surface area contributed by atoms with E-state index < -0.39 is 11.8 Å². The van der Waals surface area contributed by atoms with Crippen molar-refractivity contribution in [1.29, 1.82) is 0 Å². The van der Waals surface area contributed by atoms with E-state index in [4.69, 9.17) is 27.9 Å². The third kappa shape index (κ3) is 5.38. The molecule has 0 fully saturated rings. The largest absolute Gasteiger partial charge is 0.483 e. The smallest absolute Gasteiger partial charge is 0.276 e. The lowest BCUT2D eigenvalue weighted by atomic mass is 9.86. The van der Waals surface area contributed by atoms with Crippen LogP contribution in [0.5, 0.6) is 5.75 Å². The van der Waals surface area contributed by atoms with E-state index in [1.807, 2.05) is 18.2 Å². The fraction of sp³-hybridized carbons (Fsp3) is 0.263. The molecule has 0 radical (unpaired) electrons. The SMILES string of the molecule is CC(C)(C)c1ccccc1OCC(=O)NNC(=O)c1ccc(Cl)cc1Cl. The van der Waals surface area contributed by atoms with E-state index in [0.717, 1.165) is 5.56 Å². The van der Waals surface area contributed by atoms with Crippen LogP contribution in [0.3, 0.4) is 0 Å². The summed E-state index contributed by atoms with van der Waals surface area (Å²) in [7, 11) is 0. The Balaban J connectivity index is 1.91. The third-order valence-electron chi connectivity index (χ3n) is 3.55. The summed E-state index contributed by atoms with van der Waals surface area (Å²) in [6, 6.07) is 12.0. The van der Waals surface area contributed by atoms with Gasteiger partial charge in [0.2, 0.25) is 0 Å². The zero-order chi connectivity index (χ0) is 19.3. The van der Waals surface area contributed by atoms with E-state index in [2.05, 4.69) is 31.6 Å². The molecule has 0 saturated carbocycles. The second-order valence-electron chi connectivity index (χ2n) is 6.66. The highest BCUT2D eigenvalue weighted by atomic mass is 35.5. The summed E-state index contributed by atoms with van der Waals surface area (Å²) in [4.78, 5) is 24.0. The molecule has 26 heavy (non-hydrogen) atoms. The van der Waals surface area contributed by atoms with Gasteiger partial charge in [0.25, 0.3) is 11.8 Å². The molecule has 0 bridgehead atoms. The van der Waals surface area contributed by atoms with Crippen LogP contribution in [0.25, 0.3) is 0 Å². The number of hydrogen-bond donors (Lipinski definition) is 2. The van der Waals surface area contributed by atoms with Crippen LogP contribution >= 0.6 is 23.2 Å². The van der Waals surface area contributed by atoms with Crippen molar-refractivity contribution in [2.45, 2.75) is 26.2 Å². The van der Waals surface area contributed by atoms with Crippen molar-refractivity contribution in [2.75, 3.05) is 6.61 Å². The van der Waals surface area contributed by atoms with Crippen molar-refractivity contribution in [1.82, 2.24) is 10.9 Å². The second kappa shape index (κ2) is 8.43. The van der Waals surface area contributed by atoms with Crippen LogP contribution in [0.4, 0.5) is 0 Å². The van der Waals surface area contributed by atoms with Crippen LogP contribution in [0.2, 0.25) is 10.0 Å². The average Bonchev–Trinajstić information content (AvgIpc) is 2.57. The number of hydrazine groups is 1. The quantitative estimate of drug-likeness (QED) is 0.765. The Morgan fingerprint density at radius 2 is 1.73 bits per heavy atom. The highest BCUT2D eigenvalue weighted by Crippen LogP contribution is 2.30. The van der Waals surface area contributed by atoms with Crippen molar-refractivity contribution in [3.63, 3.8) is 0 Å². The molecule has 0 atom stereocenters. The van der Waals surface area contributed by atoms with E-state index >= 15 is 0 Å². The van der Waals surface area contributed by atoms with Gasteiger partial charge >= 0.3 is 0 Å². The molecule has 0 aliphatic rings. The Morgan fingerprint density at radius 3 is 2.38 bits per heavy atom. The number of hydrogen-bond acceptors (Lipinski definition) is 3. The lowest BCUT2D eigenvalue weighted by Crippen LogP contribution is -2.44. The maximum absolute atomic E-state index is 12.0. The number of nitrogens with one attached hydrogen (secondary N) is 2. The summed E-state index contributed by atoms with van der Waals surface area (Å²) < 4.78 is 5.60. The van der Waals surface area contributed by atoms with Gasteiger partial charge in [-0.05, 0) is 35.2 Å². The number of benzene rings is 2. The van der Waals surface area contributed by atoms with Gasteiger partial charge in [-0.3, -0.25) is 20.4 Å². The third-order valence-corrected chi connectivity index (χ3v) is 4.09. The van der Waals surface area contributed by atoms with E-state index in [9.17, 15) is 9.59 Å². The van der Waals surface area contributed by atoms with Gasteiger partial charge in [0.1, 0.15) is 5.75 Å². The molecule has 0 aromatic heterocycles. The molecule has 2 rings (SSSR count). The first-order chi connectivity index (χ1) is 12.2. The second-order valence-corrected chi connectivity index (χ2v) is 7.50. The van der Waals surface area contributed by atoms with Crippen molar-refractivity contribution < 1.29 is 14.3 Å². The monoisotopic (exact) mass is 394 g/mol. The van der Waals surface area contributed by atoms with Crippen LogP contribution in [-0.2, 0) is 10.2 Å². The predicted octanol–water partition coefficient (Wildman–Crippen LogP) is 4.13. The number of ether oxygens (including phenoxy) is 1. The number of rotatable bonds is 4. The average molecular weight is 395 g/mol. The van der Waals surface area contributed by atoms with Crippen molar-refractivity contribution in [2.24, 2.45) is 0 Å². The number of amides is 2. The Labute approximate surface area is 162 Å². The van der Waals surface area contributed by atoms with Gasteiger partial charge in [-0.1, -0.05) is 62.2 Å². The predicted molar refractivity (Wildman–Crippen MR) is 103 cm³/mol. The number of halogens is 2. The minimum atomic E-state index is -0.546. The standard InChI is InChI=1S/C19H20Cl2N2O3/c1-19(2,3)14-6-4-5-7-16(14)26-11-17(24)22-23-18(25)13-9-8-12(20)10-15(13)21/h4-10H,11H2,1-3H3,(H,22,24)(H,23,25). The normalized spacial score (nSPS) is 11.0. The van der Waals surface area contributed by atoms with Crippen LogP contribution in [0, 0.1) is 0 Å². The summed E-state index contributed by atoms with van der Waals surface area (Å²) in [5, 5.41) is 0.612. The van der Waals surface area contributed by atoms with E-state index in [-0.39, 0.29) is 22.6 Å².